The summed E-state index contributed by atoms with van der Waals surface area (Å²) in [5.41, 5.74) is 1.25. The molecule has 0 aliphatic carbocycles. The lowest BCUT2D eigenvalue weighted by atomic mass is 10.0. The van der Waals surface area contributed by atoms with Gasteiger partial charge in [-0.2, -0.15) is 0 Å². The van der Waals surface area contributed by atoms with Gasteiger partial charge in [0.25, 0.3) is 0 Å². The van der Waals surface area contributed by atoms with Gasteiger partial charge >= 0.3 is 0 Å². The number of carbonyl (C=O) groups is 1. The highest BCUT2D eigenvalue weighted by molar-refractivity contribution is 5.81. The number of hydrogen-bond acceptors (Lipinski definition) is 2. The number of benzene rings is 2. The molecule has 0 radical (unpaired) electrons. The van der Waals surface area contributed by atoms with Gasteiger partial charge in [-0.1, -0.05) is 18.2 Å². The average molecular weight is 290 g/mol. The highest BCUT2D eigenvalue weighted by Gasteiger charge is 2.09. The molecule has 2 aromatic rings. The predicted octanol–water partition coefficient (Wildman–Crippen LogP) is 3.72. The standard InChI is InChI=1S/C17H16F2O2/c1-21-16-8-3-12(4-9-16)2-7-15(20)10-13-5-6-14(18)11-17(13)19/h3-6,8-9,11H,2,7,10H2,1H3. The van der Waals surface area contributed by atoms with E-state index in [1.54, 1.807) is 7.11 Å². The number of aryl methyl sites for hydroxylation is 1. The Balaban J connectivity index is 1.89. The van der Waals surface area contributed by atoms with Crippen LogP contribution >= 0.6 is 0 Å². The van der Waals surface area contributed by atoms with Crippen LogP contribution in [0, 0.1) is 11.6 Å². The number of ether oxygens (including phenoxy) is 1. The van der Waals surface area contributed by atoms with Crippen molar-refractivity contribution in [2.24, 2.45) is 0 Å². The van der Waals surface area contributed by atoms with Crippen molar-refractivity contribution >= 4 is 5.78 Å². The molecule has 0 atom stereocenters. The van der Waals surface area contributed by atoms with Crippen molar-refractivity contribution in [1.82, 2.24) is 0 Å². The molecule has 0 fully saturated rings. The first-order valence-corrected chi connectivity index (χ1v) is 6.67. The molecule has 0 unspecified atom stereocenters. The van der Waals surface area contributed by atoms with Crippen LogP contribution in [0.1, 0.15) is 17.5 Å². The summed E-state index contributed by atoms with van der Waals surface area (Å²) in [5.74, 6) is -0.621. The quantitative estimate of drug-likeness (QED) is 0.810. The lowest BCUT2D eigenvalue weighted by Crippen LogP contribution is -2.06. The lowest BCUT2D eigenvalue weighted by Gasteiger charge is -2.05. The minimum Gasteiger partial charge on any atom is -0.497 e. The minimum absolute atomic E-state index is 0.0116. The fourth-order valence-corrected chi connectivity index (χ4v) is 2.04. The van der Waals surface area contributed by atoms with Gasteiger partial charge in [-0.05, 0) is 35.7 Å². The second-order valence-corrected chi connectivity index (χ2v) is 4.80. The molecule has 0 amide bonds. The van der Waals surface area contributed by atoms with Crippen LogP contribution in [0.25, 0.3) is 0 Å². The number of ketones is 1. The molecule has 0 saturated heterocycles. The lowest BCUT2D eigenvalue weighted by molar-refractivity contribution is -0.118. The van der Waals surface area contributed by atoms with Crippen molar-refractivity contribution in [1.29, 1.82) is 0 Å². The normalized spacial score (nSPS) is 10.4. The molecule has 0 heterocycles. The number of hydrogen-bond donors (Lipinski definition) is 0. The Labute approximate surface area is 122 Å². The zero-order valence-corrected chi connectivity index (χ0v) is 11.7. The summed E-state index contributed by atoms with van der Waals surface area (Å²) in [4.78, 5) is 11.9. The minimum atomic E-state index is -0.673. The van der Waals surface area contributed by atoms with Crippen molar-refractivity contribution in [2.75, 3.05) is 7.11 Å². The van der Waals surface area contributed by atoms with Gasteiger partial charge < -0.3 is 4.74 Å². The van der Waals surface area contributed by atoms with E-state index in [1.807, 2.05) is 24.3 Å². The SMILES string of the molecule is COc1ccc(CCC(=O)Cc2ccc(F)cc2F)cc1. The van der Waals surface area contributed by atoms with Gasteiger partial charge in [-0.3, -0.25) is 4.79 Å². The monoisotopic (exact) mass is 290 g/mol. The Morgan fingerprint density at radius 3 is 2.43 bits per heavy atom. The van der Waals surface area contributed by atoms with E-state index in [2.05, 4.69) is 0 Å². The molecule has 2 rings (SSSR count). The Morgan fingerprint density at radius 2 is 1.81 bits per heavy atom. The van der Waals surface area contributed by atoms with Gasteiger partial charge in [0.05, 0.1) is 7.11 Å². The predicted molar refractivity (Wildman–Crippen MR) is 76.4 cm³/mol. The van der Waals surface area contributed by atoms with Crippen molar-refractivity contribution < 1.29 is 18.3 Å². The van der Waals surface area contributed by atoms with Gasteiger partial charge in [0.1, 0.15) is 23.2 Å². The zero-order chi connectivity index (χ0) is 15.2. The van der Waals surface area contributed by atoms with E-state index in [0.29, 0.717) is 12.8 Å². The zero-order valence-electron chi connectivity index (χ0n) is 11.7. The van der Waals surface area contributed by atoms with Crippen molar-refractivity contribution in [3.05, 3.63) is 65.2 Å². The third-order valence-corrected chi connectivity index (χ3v) is 3.25. The molecular weight excluding hydrogens is 274 g/mol. The Morgan fingerprint density at radius 1 is 1.10 bits per heavy atom. The number of Topliss-reactive ketones (excluding diaryl/α,β-unsaturated/α-hetero) is 1. The van der Waals surface area contributed by atoms with E-state index in [-0.39, 0.29) is 17.8 Å². The van der Waals surface area contributed by atoms with E-state index < -0.39 is 11.6 Å². The summed E-state index contributed by atoms with van der Waals surface area (Å²) in [6.07, 6.45) is 0.900. The van der Waals surface area contributed by atoms with Crippen LogP contribution in [-0.4, -0.2) is 12.9 Å². The maximum atomic E-state index is 13.5. The Kier molecular flexibility index (Phi) is 5.04. The summed E-state index contributed by atoms with van der Waals surface area (Å²) in [6.45, 7) is 0. The van der Waals surface area contributed by atoms with Crippen LogP contribution in [0.15, 0.2) is 42.5 Å². The van der Waals surface area contributed by atoms with E-state index in [9.17, 15) is 13.6 Å². The molecule has 0 spiro atoms. The molecule has 110 valence electrons. The van der Waals surface area contributed by atoms with Gasteiger partial charge in [0.15, 0.2) is 0 Å². The largest absolute Gasteiger partial charge is 0.497 e. The summed E-state index contributed by atoms with van der Waals surface area (Å²) in [6, 6.07) is 10.7. The topological polar surface area (TPSA) is 26.3 Å². The fourth-order valence-electron chi connectivity index (χ4n) is 2.04. The van der Waals surface area contributed by atoms with Crippen LogP contribution in [0.4, 0.5) is 8.78 Å². The van der Waals surface area contributed by atoms with Crippen LogP contribution < -0.4 is 4.74 Å². The smallest absolute Gasteiger partial charge is 0.137 e. The second-order valence-electron chi connectivity index (χ2n) is 4.80. The molecule has 4 heteroatoms. The van der Waals surface area contributed by atoms with E-state index in [1.165, 1.54) is 6.07 Å². The third kappa shape index (κ3) is 4.38. The van der Waals surface area contributed by atoms with Crippen LogP contribution in [0.3, 0.4) is 0 Å². The molecule has 0 aliphatic rings. The van der Waals surface area contributed by atoms with Crippen molar-refractivity contribution in [3.63, 3.8) is 0 Å². The Hall–Kier alpha value is -2.23. The molecular formula is C17H16F2O2. The summed E-state index contributed by atoms with van der Waals surface area (Å²) in [5, 5.41) is 0. The number of carbonyl (C=O) groups excluding carboxylic acids is 1. The molecule has 2 aromatic carbocycles. The van der Waals surface area contributed by atoms with Gasteiger partial charge in [0.2, 0.25) is 0 Å². The summed E-state index contributed by atoms with van der Waals surface area (Å²) >= 11 is 0. The number of halogens is 2. The number of rotatable bonds is 6. The molecule has 21 heavy (non-hydrogen) atoms. The van der Waals surface area contributed by atoms with Crippen LogP contribution in [-0.2, 0) is 17.6 Å². The first kappa shape index (κ1) is 15.2. The maximum absolute atomic E-state index is 13.5. The van der Waals surface area contributed by atoms with E-state index in [4.69, 9.17) is 4.74 Å². The third-order valence-electron chi connectivity index (χ3n) is 3.25. The molecule has 2 nitrogen and oxygen atoms in total. The van der Waals surface area contributed by atoms with Gasteiger partial charge in [-0.15, -0.1) is 0 Å². The highest BCUT2D eigenvalue weighted by Crippen LogP contribution is 2.14. The van der Waals surface area contributed by atoms with Crippen LogP contribution in [0.5, 0.6) is 5.75 Å². The van der Waals surface area contributed by atoms with Gasteiger partial charge in [-0.25, -0.2) is 8.78 Å². The first-order valence-electron chi connectivity index (χ1n) is 6.67. The van der Waals surface area contributed by atoms with E-state index >= 15 is 0 Å². The number of methoxy groups -OCH3 is 1. The first-order chi connectivity index (χ1) is 10.1. The molecule has 0 aromatic heterocycles. The van der Waals surface area contributed by atoms with Crippen LogP contribution in [0.2, 0.25) is 0 Å². The average Bonchev–Trinajstić information content (AvgIpc) is 2.48. The van der Waals surface area contributed by atoms with Gasteiger partial charge in [0, 0.05) is 18.9 Å². The van der Waals surface area contributed by atoms with Crippen molar-refractivity contribution in [3.8, 4) is 5.75 Å². The summed E-state index contributed by atoms with van der Waals surface area (Å²) in [7, 11) is 1.59. The molecule has 0 aliphatic heterocycles. The maximum Gasteiger partial charge on any atom is 0.137 e. The Bertz CT molecular complexity index is 621. The molecule has 0 N–H and O–H groups in total. The fraction of sp³-hybridized carbons (Fsp3) is 0.235. The second kappa shape index (κ2) is 6.97. The highest BCUT2D eigenvalue weighted by atomic mass is 19.1. The summed E-state index contributed by atoms with van der Waals surface area (Å²) < 4.78 is 31.3. The van der Waals surface area contributed by atoms with Crippen molar-refractivity contribution in [2.45, 2.75) is 19.3 Å². The molecule has 0 bridgehead atoms. The van der Waals surface area contributed by atoms with E-state index in [0.717, 1.165) is 23.4 Å². The molecule has 0 saturated carbocycles.